The molecule has 0 saturated heterocycles. The van der Waals surface area contributed by atoms with Crippen molar-refractivity contribution in [2.24, 2.45) is 0 Å². The number of aliphatic carboxylic acids is 1. The third-order valence-corrected chi connectivity index (χ3v) is 7.12. The van der Waals surface area contributed by atoms with Crippen LogP contribution in [0.3, 0.4) is 0 Å². The molecule has 3 aromatic carbocycles. The summed E-state index contributed by atoms with van der Waals surface area (Å²) in [7, 11) is 0. The summed E-state index contributed by atoms with van der Waals surface area (Å²) in [6, 6.07) is 16.5. The van der Waals surface area contributed by atoms with Crippen molar-refractivity contribution in [3.8, 4) is 11.5 Å². The summed E-state index contributed by atoms with van der Waals surface area (Å²) in [6.07, 6.45) is 0.287. The summed E-state index contributed by atoms with van der Waals surface area (Å²) in [4.78, 5) is 26.3. The third kappa shape index (κ3) is 10.3. The van der Waals surface area contributed by atoms with Crippen molar-refractivity contribution in [3.63, 3.8) is 0 Å². The van der Waals surface area contributed by atoms with Crippen molar-refractivity contribution in [1.29, 1.82) is 0 Å². The van der Waals surface area contributed by atoms with E-state index in [1.54, 1.807) is 30.0 Å². The Morgan fingerprint density at radius 1 is 0.878 bits per heavy atom. The van der Waals surface area contributed by atoms with E-state index in [-0.39, 0.29) is 13.0 Å². The molecule has 0 aliphatic heterocycles. The van der Waals surface area contributed by atoms with Gasteiger partial charge in [0.15, 0.2) is 6.10 Å². The van der Waals surface area contributed by atoms with Crippen LogP contribution in [0.2, 0.25) is 10.0 Å². The zero-order valence-corrected chi connectivity index (χ0v) is 25.4. The van der Waals surface area contributed by atoms with E-state index >= 15 is 0 Å². The van der Waals surface area contributed by atoms with Crippen LogP contribution in [0.4, 0.5) is 4.79 Å². The highest BCUT2D eigenvalue weighted by Gasteiger charge is 2.19. The molecule has 41 heavy (non-hydrogen) atoms. The van der Waals surface area contributed by atoms with Crippen LogP contribution in [-0.2, 0) is 22.4 Å². The monoisotopic (exact) mass is 601 g/mol. The maximum absolute atomic E-state index is 13.3. The number of ether oxygens (including phenoxy) is 3. The predicted molar refractivity (Wildman–Crippen MR) is 162 cm³/mol. The molecule has 3 aromatic rings. The topological polar surface area (TPSA) is 85.3 Å². The normalized spacial score (nSPS) is 11.7. The van der Waals surface area contributed by atoms with Crippen LogP contribution in [0.25, 0.3) is 0 Å². The van der Waals surface area contributed by atoms with Gasteiger partial charge in [-0.2, -0.15) is 0 Å². The lowest BCUT2D eigenvalue weighted by Gasteiger charge is -2.23. The average Bonchev–Trinajstić information content (AvgIpc) is 2.91. The van der Waals surface area contributed by atoms with Gasteiger partial charge in [0, 0.05) is 29.6 Å². The number of nitrogens with zero attached hydrogens (tertiary/aromatic N) is 1. The van der Waals surface area contributed by atoms with Gasteiger partial charge in [-0.3, -0.25) is 0 Å². The molecule has 0 bridgehead atoms. The first-order valence-corrected chi connectivity index (χ1v) is 14.4. The molecule has 0 aromatic heterocycles. The third-order valence-electron chi connectivity index (χ3n) is 6.68. The summed E-state index contributed by atoms with van der Waals surface area (Å²) in [5, 5.41) is 10.5. The second-order valence-corrected chi connectivity index (χ2v) is 10.8. The van der Waals surface area contributed by atoms with E-state index in [4.69, 9.17) is 37.4 Å². The van der Waals surface area contributed by atoms with E-state index in [0.29, 0.717) is 54.1 Å². The largest absolute Gasteiger partial charge is 0.492 e. The van der Waals surface area contributed by atoms with E-state index in [1.807, 2.05) is 57.2 Å². The Morgan fingerprint density at radius 2 is 1.54 bits per heavy atom. The van der Waals surface area contributed by atoms with Gasteiger partial charge in [-0.25, -0.2) is 9.59 Å². The van der Waals surface area contributed by atoms with Crippen molar-refractivity contribution in [2.75, 3.05) is 26.3 Å². The van der Waals surface area contributed by atoms with Crippen LogP contribution < -0.4 is 9.47 Å². The number of carbonyl (C=O) groups is 2. The number of carbonyl (C=O) groups excluding carboxylic acids is 1. The van der Waals surface area contributed by atoms with E-state index in [0.717, 1.165) is 27.8 Å². The number of aryl methyl sites for hydroxylation is 4. The molecule has 0 radical (unpaired) electrons. The molecular formula is C32H37Cl2NO6. The van der Waals surface area contributed by atoms with Crippen molar-refractivity contribution in [1.82, 2.24) is 4.90 Å². The van der Waals surface area contributed by atoms with Crippen molar-refractivity contribution in [2.45, 2.75) is 53.1 Å². The fourth-order valence-corrected chi connectivity index (χ4v) is 4.93. The average molecular weight is 603 g/mol. The second-order valence-electron chi connectivity index (χ2n) is 9.92. The molecule has 0 aliphatic rings. The van der Waals surface area contributed by atoms with Gasteiger partial charge in [0.2, 0.25) is 0 Å². The van der Waals surface area contributed by atoms with E-state index in [2.05, 4.69) is 0 Å². The first-order chi connectivity index (χ1) is 19.5. The zero-order valence-electron chi connectivity index (χ0n) is 23.9. The molecule has 1 N–H and O–H groups in total. The molecule has 0 heterocycles. The Balaban J connectivity index is 1.63. The molecule has 0 spiro atoms. The van der Waals surface area contributed by atoms with Gasteiger partial charge in [-0.15, -0.1) is 0 Å². The number of benzene rings is 3. The first kappa shape index (κ1) is 32.3. The Bertz CT molecular complexity index is 1310. The number of hydrogen-bond acceptors (Lipinski definition) is 5. The van der Waals surface area contributed by atoms with Crippen LogP contribution in [-0.4, -0.2) is 54.5 Å². The highest BCUT2D eigenvalue weighted by atomic mass is 35.5. The van der Waals surface area contributed by atoms with Crippen molar-refractivity contribution in [3.05, 3.63) is 92.5 Å². The fourth-order valence-electron chi connectivity index (χ4n) is 4.35. The Labute approximate surface area is 251 Å². The smallest absolute Gasteiger partial charge is 0.415 e. The van der Waals surface area contributed by atoms with Crippen LogP contribution in [0.1, 0.15) is 41.2 Å². The Hall–Kier alpha value is -3.26. The lowest BCUT2D eigenvalue weighted by atomic mass is 10.1. The molecule has 1 amide bonds. The maximum Gasteiger partial charge on any atom is 0.415 e. The summed E-state index contributed by atoms with van der Waals surface area (Å²) < 4.78 is 17.0. The van der Waals surface area contributed by atoms with Crippen molar-refractivity contribution >= 4 is 35.3 Å². The van der Waals surface area contributed by atoms with Crippen LogP contribution in [0.5, 0.6) is 11.5 Å². The molecule has 3 rings (SSSR count). The lowest BCUT2D eigenvalue weighted by molar-refractivity contribution is -0.149. The molecule has 0 aliphatic carbocycles. The number of amides is 1. The summed E-state index contributed by atoms with van der Waals surface area (Å²) in [6.45, 7) is 9.03. The SMILES string of the molecule is CCOC(Cc1ccc(OCCN(CCCc2cc(Cl)cc(Cl)c2)C(=O)Oc2cc(C)c(C)cc2C)cc1)C(=O)O. The van der Waals surface area contributed by atoms with Gasteiger partial charge in [0.05, 0.1) is 6.54 Å². The molecule has 0 saturated carbocycles. The molecule has 220 valence electrons. The van der Waals surface area contributed by atoms with Crippen LogP contribution in [0, 0.1) is 20.8 Å². The zero-order chi connectivity index (χ0) is 29.9. The molecule has 9 heteroatoms. The highest BCUT2D eigenvalue weighted by molar-refractivity contribution is 6.34. The van der Waals surface area contributed by atoms with Crippen molar-refractivity contribution < 1.29 is 28.9 Å². The minimum atomic E-state index is -0.992. The number of rotatable bonds is 14. The van der Waals surface area contributed by atoms with E-state index < -0.39 is 18.2 Å². The summed E-state index contributed by atoms with van der Waals surface area (Å²) >= 11 is 12.3. The van der Waals surface area contributed by atoms with E-state index in [9.17, 15) is 14.7 Å². The van der Waals surface area contributed by atoms with Gasteiger partial charge in [0.25, 0.3) is 0 Å². The molecule has 7 nitrogen and oxygen atoms in total. The summed E-state index contributed by atoms with van der Waals surface area (Å²) in [5.74, 6) is 0.158. The van der Waals surface area contributed by atoms with E-state index in [1.165, 1.54) is 0 Å². The Kier molecular flexibility index (Phi) is 12.3. The minimum absolute atomic E-state index is 0.250. The number of carboxylic acid groups (broad SMARTS) is 1. The molecule has 1 unspecified atom stereocenters. The first-order valence-electron chi connectivity index (χ1n) is 13.6. The minimum Gasteiger partial charge on any atom is -0.492 e. The Morgan fingerprint density at radius 3 is 2.17 bits per heavy atom. The summed E-state index contributed by atoms with van der Waals surface area (Å²) in [5.41, 5.74) is 4.89. The second kappa shape index (κ2) is 15.7. The molecule has 0 fully saturated rings. The maximum atomic E-state index is 13.3. The predicted octanol–water partition coefficient (Wildman–Crippen LogP) is 7.46. The van der Waals surface area contributed by atoms with Gasteiger partial charge in [0.1, 0.15) is 18.1 Å². The number of halogens is 2. The number of hydrogen-bond donors (Lipinski definition) is 1. The quantitative estimate of drug-likeness (QED) is 0.206. The van der Waals surface area contributed by atoms with Gasteiger partial charge in [-0.1, -0.05) is 41.4 Å². The van der Waals surface area contributed by atoms with Crippen LogP contribution >= 0.6 is 23.2 Å². The lowest BCUT2D eigenvalue weighted by Crippen LogP contribution is -2.37. The highest BCUT2D eigenvalue weighted by Crippen LogP contribution is 2.24. The van der Waals surface area contributed by atoms with Crippen LogP contribution in [0.15, 0.2) is 54.6 Å². The fraction of sp³-hybridized carbons (Fsp3) is 0.375. The van der Waals surface area contributed by atoms with Gasteiger partial charge < -0.3 is 24.2 Å². The van der Waals surface area contributed by atoms with Gasteiger partial charge in [-0.05, 0) is 105 Å². The molecule has 1 atom stereocenters. The number of carboxylic acids is 1. The standard InChI is InChI=1S/C32H37Cl2NO6/c1-5-39-30(31(36)37)19-24-8-10-28(11-9-24)40-14-13-35(12-6-7-25-17-26(33)20-27(34)18-25)32(38)41-29-16-22(3)21(2)15-23(29)4/h8-11,15-18,20,30H,5-7,12-14,19H2,1-4H3,(H,36,37). The van der Waals surface area contributed by atoms with Gasteiger partial charge >= 0.3 is 12.1 Å². The molecular weight excluding hydrogens is 565 g/mol.